The smallest absolute Gasteiger partial charge is 0.305 e. The van der Waals surface area contributed by atoms with Gasteiger partial charge in [0.2, 0.25) is 5.91 Å². The van der Waals surface area contributed by atoms with Crippen LogP contribution in [-0.4, -0.2) is 37.5 Å². The second kappa shape index (κ2) is 12.4. The van der Waals surface area contributed by atoms with Crippen LogP contribution in [0.5, 0.6) is 0 Å². The largest absolute Gasteiger partial charge is 0.464 e. The van der Waals surface area contributed by atoms with Crippen molar-refractivity contribution in [3.8, 4) is 0 Å². The molecular weight excluding hydrogens is 406 g/mol. The summed E-state index contributed by atoms with van der Waals surface area (Å²) in [7, 11) is 0. The van der Waals surface area contributed by atoms with Gasteiger partial charge in [0.15, 0.2) is 0 Å². The Labute approximate surface area is 180 Å². The second-order valence-electron chi connectivity index (χ2n) is 7.04. The number of benzene rings is 2. The molecule has 2 N–H and O–H groups in total. The van der Waals surface area contributed by atoms with Crippen molar-refractivity contribution in [2.45, 2.75) is 32.6 Å². The van der Waals surface area contributed by atoms with Gasteiger partial charge in [-0.05, 0) is 37.5 Å². The first-order valence-electron chi connectivity index (χ1n) is 10.1. The van der Waals surface area contributed by atoms with Gasteiger partial charge in [0.1, 0.15) is 18.2 Å². The summed E-state index contributed by atoms with van der Waals surface area (Å²) in [5, 5.41) is 5.16. The molecule has 0 atom stereocenters. The van der Waals surface area contributed by atoms with Crippen molar-refractivity contribution in [2.24, 2.45) is 0 Å². The highest BCUT2D eigenvalue weighted by atomic mass is 19.1. The third-order valence-corrected chi connectivity index (χ3v) is 4.47. The third-order valence-electron chi connectivity index (χ3n) is 4.47. The maximum atomic E-state index is 13.5. The Bertz CT molecular complexity index is 901. The molecule has 0 saturated carbocycles. The molecule has 0 radical (unpaired) electrons. The van der Waals surface area contributed by atoms with Crippen LogP contribution in [0, 0.1) is 18.6 Å². The maximum Gasteiger partial charge on any atom is 0.305 e. The van der Waals surface area contributed by atoms with E-state index in [1.54, 1.807) is 0 Å². The summed E-state index contributed by atoms with van der Waals surface area (Å²) in [4.78, 5) is 35.3. The lowest BCUT2D eigenvalue weighted by atomic mass is 10.1. The lowest BCUT2D eigenvalue weighted by Gasteiger charge is -2.08. The molecule has 0 fully saturated rings. The fourth-order valence-corrected chi connectivity index (χ4v) is 2.73. The minimum absolute atomic E-state index is 0.0578. The molecule has 2 aromatic rings. The summed E-state index contributed by atoms with van der Waals surface area (Å²) in [5.41, 5.74) is 1.99. The molecule has 0 unspecified atom stereocenters. The highest BCUT2D eigenvalue weighted by Gasteiger charge is 2.12. The summed E-state index contributed by atoms with van der Waals surface area (Å²) in [6.45, 7) is 2.42. The van der Waals surface area contributed by atoms with Gasteiger partial charge in [0, 0.05) is 25.5 Å². The first kappa shape index (κ1) is 24.0. The van der Waals surface area contributed by atoms with Crippen LogP contribution in [0.15, 0.2) is 42.5 Å². The van der Waals surface area contributed by atoms with Crippen LogP contribution in [0.4, 0.5) is 8.78 Å². The Kier molecular flexibility index (Phi) is 9.61. The van der Waals surface area contributed by atoms with Gasteiger partial charge >= 0.3 is 5.97 Å². The van der Waals surface area contributed by atoms with Crippen LogP contribution in [0.25, 0.3) is 0 Å². The van der Waals surface area contributed by atoms with Crippen molar-refractivity contribution < 1.29 is 27.9 Å². The molecule has 0 heterocycles. The number of hydrogen-bond acceptors (Lipinski definition) is 4. The molecule has 0 aliphatic heterocycles. The topological polar surface area (TPSA) is 84.5 Å². The van der Waals surface area contributed by atoms with E-state index in [1.165, 1.54) is 5.56 Å². The molecule has 8 heteroatoms. The van der Waals surface area contributed by atoms with Gasteiger partial charge in [-0.15, -0.1) is 0 Å². The number of aryl methyl sites for hydroxylation is 2. The van der Waals surface area contributed by atoms with Crippen molar-refractivity contribution >= 4 is 17.8 Å². The van der Waals surface area contributed by atoms with E-state index in [0.29, 0.717) is 25.3 Å². The van der Waals surface area contributed by atoms with Crippen molar-refractivity contribution in [3.05, 3.63) is 70.8 Å². The van der Waals surface area contributed by atoms with Crippen LogP contribution in [0.2, 0.25) is 0 Å². The molecule has 0 bridgehead atoms. The molecule has 2 amide bonds. The van der Waals surface area contributed by atoms with E-state index in [4.69, 9.17) is 4.74 Å². The van der Waals surface area contributed by atoms with E-state index in [2.05, 4.69) is 10.6 Å². The van der Waals surface area contributed by atoms with Gasteiger partial charge in [-0.25, -0.2) is 8.78 Å². The van der Waals surface area contributed by atoms with Crippen LogP contribution in [-0.2, 0) is 20.7 Å². The lowest BCUT2D eigenvalue weighted by molar-refractivity contribution is -0.144. The number of carbonyl (C=O) groups is 3. The fourth-order valence-electron chi connectivity index (χ4n) is 2.73. The van der Waals surface area contributed by atoms with Gasteiger partial charge < -0.3 is 15.4 Å². The van der Waals surface area contributed by atoms with Gasteiger partial charge in [-0.3, -0.25) is 14.4 Å². The third kappa shape index (κ3) is 8.94. The van der Waals surface area contributed by atoms with Crippen LogP contribution >= 0.6 is 0 Å². The number of ether oxygens (including phenoxy) is 1. The molecule has 0 aliphatic carbocycles. The van der Waals surface area contributed by atoms with Gasteiger partial charge in [-0.2, -0.15) is 0 Å². The van der Waals surface area contributed by atoms with Crippen molar-refractivity contribution in [1.29, 1.82) is 0 Å². The Balaban J connectivity index is 1.52. The number of rotatable bonds is 11. The van der Waals surface area contributed by atoms with Crippen molar-refractivity contribution in [3.63, 3.8) is 0 Å². The Morgan fingerprint density at radius 2 is 1.68 bits per heavy atom. The Morgan fingerprint density at radius 1 is 0.935 bits per heavy atom. The zero-order chi connectivity index (χ0) is 22.6. The summed E-state index contributed by atoms with van der Waals surface area (Å²) < 4.78 is 31.4. The summed E-state index contributed by atoms with van der Waals surface area (Å²) in [5.74, 6) is -2.97. The quantitative estimate of drug-likeness (QED) is 0.422. The molecule has 166 valence electrons. The molecule has 0 spiro atoms. The minimum atomic E-state index is -0.946. The average Bonchev–Trinajstić information content (AvgIpc) is 2.73. The molecule has 6 nitrogen and oxygen atoms in total. The fraction of sp³-hybridized carbons (Fsp3) is 0.348. The standard InChI is InChI=1S/C23H26F2N2O4/c1-16-4-6-17(7-5-16)8-11-21(28)26-13-14-31-22(29)3-2-12-27-23(30)19-10-9-18(24)15-20(19)25/h4-7,9-10,15H,2-3,8,11-14H2,1H3,(H,26,28)(H,27,30). The summed E-state index contributed by atoms with van der Waals surface area (Å²) in [6.07, 6.45) is 1.36. The minimum Gasteiger partial charge on any atom is -0.464 e. The highest BCUT2D eigenvalue weighted by Crippen LogP contribution is 2.09. The predicted octanol–water partition coefficient (Wildman–Crippen LogP) is 3.08. The van der Waals surface area contributed by atoms with E-state index in [-0.39, 0.29) is 37.6 Å². The first-order valence-corrected chi connectivity index (χ1v) is 10.1. The lowest BCUT2D eigenvalue weighted by Crippen LogP contribution is -2.28. The van der Waals surface area contributed by atoms with Crippen molar-refractivity contribution in [2.75, 3.05) is 19.7 Å². The van der Waals surface area contributed by atoms with Gasteiger partial charge in [0.25, 0.3) is 5.91 Å². The SMILES string of the molecule is Cc1ccc(CCC(=O)NCCOC(=O)CCCNC(=O)c2ccc(F)cc2F)cc1. The summed E-state index contributed by atoms with van der Waals surface area (Å²) >= 11 is 0. The van der Waals surface area contributed by atoms with Crippen LogP contribution in [0.1, 0.15) is 40.7 Å². The molecule has 2 aromatic carbocycles. The number of hydrogen-bond donors (Lipinski definition) is 2. The number of nitrogens with one attached hydrogen (secondary N) is 2. The molecule has 0 aromatic heterocycles. The number of amides is 2. The Hall–Kier alpha value is -3.29. The van der Waals surface area contributed by atoms with Crippen LogP contribution < -0.4 is 10.6 Å². The number of carbonyl (C=O) groups excluding carboxylic acids is 3. The first-order chi connectivity index (χ1) is 14.8. The molecule has 0 saturated heterocycles. The van der Waals surface area contributed by atoms with Gasteiger partial charge in [0.05, 0.1) is 12.1 Å². The Morgan fingerprint density at radius 3 is 2.39 bits per heavy atom. The van der Waals surface area contributed by atoms with E-state index < -0.39 is 23.5 Å². The summed E-state index contributed by atoms with van der Waals surface area (Å²) in [6, 6.07) is 10.7. The molecule has 31 heavy (non-hydrogen) atoms. The zero-order valence-electron chi connectivity index (χ0n) is 17.4. The molecule has 0 aliphatic rings. The zero-order valence-corrected chi connectivity index (χ0v) is 17.4. The predicted molar refractivity (Wildman–Crippen MR) is 111 cm³/mol. The molecular formula is C23H26F2N2O4. The van der Waals surface area contributed by atoms with E-state index in [9.17, 15) is 23.2 Å². The average molecular weight is 432 g/mol. The van der Waals surface area contributed by atoms with Gasteiger partial charge in [-0.1, -0.05) is 29.8 Å². The normalized spacial score (nSPS) is 10.4. The maximum absolute atomic E-state index is 13.5. The number of esters is 1. The van der Waals surface area contributed by atoms with E-state index >= 15 is 0 Å². The van der Waals surface area contributed by atoms with E-state index in [0.717, 1.165) is 17.7 Å². The monoisotopic (exact) mass is 432 g/mol. The van der Waals surface area contributed by atoms with E-state index in [1.807, 2.05) is 31.2 Å². The van der Waals surface area contributed by atoms with Crippen LogP contribution in [0.3, 0.4) is 0 Å². The highest BCUT2D eigenvalue weighted by molar-refractivity contribution is 5.94. The number of halogens is 2. The molecule has 2 rings (SSSR count). The second-order valence-corrected chi connectivity index (χ2v) is 7.04. The van der Waals surface area contributed by atoms with Crippen molar-refractivity contribution in [1.82, 2.24) is 10.6 Å².